The molecule has 1 aliphatic heterocycles. The first-order valence-electron chi connectivity index (χ1n) is 12.4. The van der Waals surface area contributed by atoms with Crippen molar-refractivity contribution in [2.24, 2.45) is 0 Å². The molecule has 0 amide bonds. The molecule has 0 N–H and O–H groups in total. The van der Waals surface area contributed by atoms with E-state index in [-0.39, 0.29) is 17.5 Å². The number of esters is 1. The van der Waals surface area contributed by atoms with E-state index in [1.165, 1.54) is 43.4 Å². The Labute approximate surface area is 208 Å². The zero-order chi connectivity index (χ0) is 23.5. The van der Waals surface area contributed by atoms with E-state index in [4.69, 9.17) is 14.2 Å². The molecular formula is C26H41NO4S2. The van der Waals surface area contributed by atoms with Gasteiger partial charge in [-0.1, -0.05) is 59.4 Å². The second-order valence-corrected chi connectivity index (χ2v) is 12.2. The first-order valence-corrected chi connectivity index (χ1v) is 14.8. The molecule has 1 saturated heterocycles. The van der Waals surface area contributed by atoms with E-state index in [9.17, 15) is 4.79 Å². The molecule has 1 unspecified atom stereocenters. The van der Waals surface area contributed by atoms with Crippen LogP contribution in [-0.2, 0) is 14.3 Å². The van der Waals surface area contributed by atoms with E-state index in [2.05, 4.69) is 17.0 Å². The second kappa shape index (κ2) is 13.9. The van der Waals surface area contributed by atoms with Crippen LogP contribution in [-0.4, -0.2) is 62.0 Å². The maximum absolute atomic E-state index is 12.3. The van der Waals surface area contributed by atoms with Crippen LogP contribution in [0.2, 0.25) is 0 Å². The Hall–Kier alpha value is -0.890. The molecular weight excluding hydrogens is 454 g/mol. The highest BCUT2D eigenvalue weighted by atomic mass is 33.1. The van der Waals surface area contributed by atoms with Crippen LogP contribution in [0.3, 0.4) is 0 Å². The highest BCUT2D eigenvalue weighted by molar-refractivity contribution is 8.77. The lowest BCUT2D eigenvalue weighted by Crippen LogP contribution is -2.45. The molecule has 1 heterocycles. The van der Waals surface area contributed by atoms with E-state index >= 15 is 0 Å². The summed E-state index contributed by atoms with van der Waals surface area (Å²) in [4.78, 5) is 14.4. The third-order valence-electron chi connectivity index (χ3n) is 7.08. The van der Waals surface area contributed by atoms with Gasteiger partial charge in [0, 0.05) is 37.0 Å². The summed E-state index contributed by atoms with van der Waals surface area (Å²) in [6.07, 6.45) is 10.8. The molecule has 0 aromatic heterocycles. The van der Waals surface area contributed by atoms with Gasteiger partial charge >= 0.3 is 5.97 Å². The Morgan fingerprint density at radius 1 is 1.15 bits per heavy atom. The number of unbranched alkanes of at least 4 members (excludes halogenated alkanes) is 1. The van der Waals surface area contributed by atoms with Crippen molar-refractivity contribution < 1.29 is 19.0 Å². The van der Waals surface area contributed by atoms with Crippen molar-refractivity contribution in [3.63, 3.8) is 0 Å². The summed E-state index contributed by atoms with van der Waals surface area (Å²) in [5.41, 5.74) is 1.07. The zero-order valence-corrected chi connectivity index (χ0v) is 22.2. The highest BCUT2D eigenvalue weighted by Gasteiger charge is 2.41. The molecule has 3 rings (SSSR count). The van der Waals surface area contributed by atoms with Crippen LogP contribution in [0.4, 0.5) is 0 Å². The summed E-state index contributed by atoms with van der Waals surface area (Å²) in [6.45, 7) is 1.10. The van der Waals surface area contributed by atoms with E-state index in [1.54, 1.807) is 7.11 Å². The number of hydrogen-bond donors (Lipinski definition) is 0. The molecule has 2 atom stereocenters. The van der Waals surface area contributed by atoms with Gasteiger partial charge in [0.15, 0.2) is 0 Å². The van der Waals surface area contributed by atoms with Crippen molar-refractivity contribution in [2.75, 3.05) is 40.3 Å². The zero-order valence-electron chi connectivity index (χ0n) is 20.6. The average molecular weight is 496 g/mol. The first-order chi connectivity index (χ1) is 16.1. The van der Waals surface area contributed by atoms with Crippen molar-refractivity contribution in [1.82, 2.24) is 4.90 Å². The fourth-order valence-electron chi connectivity index (χ4n) is 5.08. The number of rotatable bonds is 13. The van der Waals surface area contributed by atoms with Gasteiger partial charge < -0.3 is 14.2 Å². The number of ether oxygens (including phenoxy) is 3. The number of carbonyl (C=O) groups is 1. The lowest BCUT2D eigenvalue weighted by atomic mass is 9.72. The fraction of sp³-hybridized carbons (Fsp3) is 0.731. The molecule has 0 spiro atoms. The molecule has 186 valence electrons. The highest BCUT2D eigenvalue weighted by Crippen LogP contribution is 2.43. The lowest BCUT2D eigenvalue weighted by Gasteiger charge is -2.44. The van der Waals surface area contributed by atoms with Gasteiger partial charge in [-0.2, -0.15) is 0 Å². The third-order valence-corrected chi connectivity index (χ3v) is 10.1. The van der Waals surface area contributed by atoms with Gasteiger partial charge in [0.2, 0.25) is 0 Å². The molecule has 7 heteroatoms. The van der Waals surface area contributed by atoms with Crippen LogP contribution in [0.1, 0.15) is 75.7 Å². The van der Waals surface area contributed by atoms with Gasteiger partial charge in [0.05, 0.1) is 12.7 Å². The predicted molar refractivity (Wildman–Crippen MR) is 139 cm³/mol. The summed E-state index contributed by atoms with van der Waals surface area (Å²) in [5, 5.41) is 0.778. The number of hydrogen-bond acceptors (Lipinski definition) is 7. The average Bonchev–Trinajstić information content (AvgIpc) is 3.38. The SMILES string of the molecule is COc1ccc(C(CN(C)COC(=O)CCCC[C@@H]2CCSS2)C2(OC)CCCCC2)cc1. The van der Waals surface area contributed by atoms with E-state index in [1.807, 2.05) is 47.9 Å². The number of methoxy groups -OCH3 is 2. The van der Waals surface area contributed by atoms with Crippen LogP contribution in [0.25, 0.3) is 0 Å². The normalized spacial score (nSPS) is 21.2. The standard InChI is InChI=1S/C26H41NO4S2/c1-27(20-31-25(28)10-6-5-9-23-15-18-32-33-23)19-24(21-11-13-22(29-2)14-12-21)26(30-3)16-7-4-8-17-26/h11-14,23-24H,4-10,15-20H2,1-3H3/t23-,24?/m1/s1. The Kier molecular flexibility index (Phi) is 11.2. The van der Waals surface area contributed by atoms with Crippen molar-refractivity contribution in [3.8, 4) is 5.75 Å². The molecule has 0 bridgehead atoms. The quantitative estimate of drug-likeness (QED) is 0.138. The van der Waals surface area contributed by atoms with Crippen LogP contribution < -0.4 is 4.74 Å². The molecule has 0 radical (unpaired) electrons. The van der Waals surface area contributed by atoms with Crippen LogP contribution in [0, 0.1) is 0 Å². The first kappa shape index (κ1) is 26.7. The van der Waals surface area contributed by atoms with Crippen LogP contribution in [0.5, 0.6) is 5.75 Å². The number of carbonyl (C=O) groups excluding carboxylic acids is 1. The fourth-order valence-corrected chi connectivity index (χ4v) is 8.11. The minimum absolute atomic E-state index is 0.0876. The Balaban J connectivity index is 1.52. The van der Waals surface area contributed by atoms with Gasteiger partial charge in [0.25, 0.3) is 0 Å². The monoisotopic (exact) mass is 495 g/mol. The summed E-state index contributed by atoms with van der Waals surface area (Å²) in [7, 11) is 9.57. The summed E-state index contributed by atoms with van der Waals surface area (Å²) >= 11 is 0. The molecule has 1 aromatic carbocycles. The Morgan fingerprint density at radius 3 is 2.55 bits per heavy atom. The second-order valence-electron chi connectivity index (χ2n) is 9.41. The molecule has 2 fully saturated rings. The minimum atomic E-state index is -0.179. The number of nitrogens with zero attached hydrogens (tertiary/aromatic N) is 1. The lowest BCUT2D eigenvalue weighted by molar-refractivity contribution is -0.148. The third kappa shape index (κ3) is 8.08. The van der Waals surface area contributed by atoms with Crippen molar-refractivity contribution in [2.45, 2.75) is 81.0 Å². The maximum atomic E-state index is 12.3. The largest absolute Gasteiger partial charge is 0.497 e. The number of likely N-dealkylation sites (N-methyl/N-ethyl adjacent to an activating group) is 1. The number of benzene rings is 1. The molecule has 5 nitrogen and oxygen atoms in total. The van der Waals surface area contributed by atoms with E-state index in [0.29, 0.717) is 13.2 Å². The van der Waals surface area contributed by atoms with E-state index < -0.39 is 0 Å². The van der Waals surface area contributed by atoms with Crippen LogP contribution >= 0.6 is 21.6 Å². The molecule has 1 saturated carbocycles. The summed E-state index contributed by atoms with van der Waals surface area (Å²) in [6, 6.07) is 8.36. The van der Waals surface area contributed by atoms with Crippen molar-refractivity contribution in [1.29, 1.82) is 0 Å². The molecule has 33 heavy (non-hydrogen) atoms. The van der Waals surface area contributed by atoms with E-state index in [0.717, 1.165) is 43.2 Å². The summed E-state index contributed by atoms with van der Waals surface area (Å²) < 4.78 is 17.2. The van der Waals surface area contributed by atoms with Gasteiger partial charge in [0.1, 0.15) is 12.5 Å². The van der Waals surface area contributed by atoms with Gasteiger partial charge in [-0.15, -0.1) is 0 Å². The minimum Gasteiger partial charge on any atom is -0.497 e. The molecule has 1 aliphatic carbocycles. The van der Waals surface area contributed by atoms with Gasteiger partial charge in [-0.05, 0) is 56.8 Å². The predicted octanol–water partition coefficient (Wildman–Crippen LogP) is 6.27. The van der Waals surface area contributed by atoms with Crippen LogP contribution in [0.15, 0.2) is 24.3 Å². The van der Waals surface area contributed by atoms with Gasteiger partial charge in [-0.25, -0.2) is 0 Å². The Morgan fingerprint density at radius 2 is 1.91 bits per heavy atom. The topological polar surface area (TPSA) is 48.0 Å². The van der Waals surface area contributed by atoms with Crippen molar-refractivity contribution in [3.05, 3.63) is 29.8 Å². The smallest absolute Gasteiger partial charge is 0.307 e. The molecule has 1 aromatic rings. The molecule has 2 aliphatic rings. The van der Waals surface area contributed by atoms with Crippen molar-refractivity contribution >= 4 is 27.6 Å². The van der Waals surface area contributed by atoms with Gasteiger partial charge in [-0.3, -0.25) is 9.69 Å². The maximum Gasteiger partial charge on any atom is 0.307 e. The Bertz CT molecular complexity index is 703. The summed E-state index contributed by atoms with van der Waals surface area (Å²) in [5.74, 6) is 2.25.